The fourth-order valence-corrected chi connectivity index (χ4v) is 1.97. The first-order valence-electron chi connectivity index (χ1n) is 8.23. The predicted molar refractivity (Wildman–Crippen MR) is 101 cm³/mol. The Kier molecular flexibility index (Phi) is 6.43. The van der Waals surface area contributed by atoms with Gasteiger partial charge in [-0.3, -0.25) is 10.1 Å². The highest BCUT2D eigenvalue weighted by Crippen LogP contribution is 2.16. The third kappa shape index (κ3) is 6.52. The molecule has 28 heavy (non-hydrogen) atoms. The molecule has 9 heteroatoms. The molecule has 146 valence electrons. The molecule has 0 aliphatic carbocycles. The van der Waals surface area contributed by atoms with E-state index >= 15 is 0 Å². The lowest BCUT2D eigenvalue weighted by Crippen LogP contribution is -2.29. The Hall–Kier alpha value is -3.75. The van der Waals surface area contributed by atoms with E-state index in [1.165, 1.54) is 30.5 Å². The molecule has 2 aromatic carbocycles. The van der Waals surface area contributed by atoms with Crippen molar-refractivity contribution in [2.45, 2.75) is 26.4 Å². The fourth-order valence-electron chi connectivity index (χ4n) is 1.97. The summed E-state index contributed by atoms with van der Waals surface area (Å²) < 4.78 is 10.3. The number of ether oxygens (including phenoxy) is 2. The molecule has 0 spiro atoms. The minimum Gasteiger partial charge on any atom is -0.443 e. The number of benzene rings is 2. The van der Waals surface area contributed by atoms with Crippen molar-refractivity contribution < 1.29 is 24.0 Å². The number of hydrogen-bond donors (Lipinski definition) is 1. The van der Waals surface area contributed by atoms with Gasteiger partial charge in [0.2, 0.25) is 0 Å². The molecule has 0 saturated carbocycles. The van der Waals surface area contributed by atoms with Crippen LogP contribution in [0.4, 0.5) is 10.5 Å². The van der Waals surface area contributed by atoms with E-state index in [1.807, 2.05) is 0 Å². The summed E-state index contributed by atoms with van der Waals surface area (Å²) in [5.74, 6) is -0.344. The molecule has 0 bridgehead atoms. The Balaban J connectivity index is 1.91. The van der Waals surface area contributed by atoms with Gasteiger partial charge in [-0.1, -0.05) is 0 Å². The van der Waals surface area contributed by atoms with Crippen LogP contribution in [0.25, 0.3) is 0 Å². The van der Waals surface area contributed by atoms with Gasteiger partial charge in [-0.2, -0.15) is 5.10 Å². The molecule has 1 amide bonds. The van der Waals surface area contributed by atoms with Gasteiger partial charge in [-0.25, -0.2) is 15.0 Å². The van der Waals surface area contributed by atoms with Crippen LogP contribution < -0.4 is 10.2 Å². The highest BCUT2D eigenvalue weighted by Gasteiger charge is 2.15. The van der Waals surface area contributed by atoms with Crippen molar-refractivity contribution in [1.82, 2.24) is 5.43 Å². The summed E-state index contributed by atoms with van der Waals surface area (Å²) in [5.41, 5.74) is 2.37. The molecule has 0 unspecified atom stereocenters. The summed E-state index contributed by atoms with van der Waals surface area (Å²) in [4.78, 5) is 33.6. The van der Waals surface area contributed by atoms with E-state index in [0.717, 1.165) is 0 Å². The zero-order chi connectivity index (χ0) is 20.7. The van der Waals surface area contributed by atoms with Crippen molar-refractivity contribution in [2.24, 2.45) is 5.10 Å². The van der Waals surface area contributed by atoms with Gasteiger partial charge in [0.1, 0.15) is 11.4 Å². The Morgan fingerprint density at radius 3 is 2.21 bits per heavy atom. The third-order valence-corrected chi connectivity index (χ3v) is 3.17. The van der Waals surface area contributed by atoms with Gasteiger partial charge >= 0.3 is 12.1 Å². The first-order valence-corrected chi connectivity index (χ1v) is 8.23. The summed E-state index contributed by atoms with van der Waals surface area (Å²) in [6, 6.07) is 11.5. The summed E-state index contributed by atoms with van der Waals surface area (Å²) >= 11 is 0. The second-order valence-electron chi connectivity index (χ2n) is 6.63. The van der Waals surface area contributed by atoms with Crippen molar-refractivity contribution in [3.05, 3.63) is 69.8 Å². The van der Waals surface area contributed by atoms with E-state index in [-0.39, 0.29) is 11.3 Å². The van der Waals surface area contributed by atoms with Crippen molar-refractivity contribution in [1.29, 1.82) is 0 Å². The predicted octanol–water partition coefficient (Wildman–Crippen LogP) is 3.67. The number of hydrogen-bond acceptors (Lipinski definition) is 7. The zero-order valence-corrected chi connectivity index (χ0v) is 15.5. The van der Waals surface area contributed by atoms with Crippen LogP contribution in [0.5, 0.6) is 5.75 Å². The smallest absolute Gasteiger partial charge is 0.428 e. The van der Waals surface area contributed by atoms with Crippen LogP contribution in [0.2, 0.25) is 0 Å². The molecular formula is C19H19N3O6. The molecule has 0 aliphatic rings. The molecule has 9 nitrogen and oxygen atoms in total. The van der Waals surface area contributed by atoms with Crippen LogP contribution in [-0.2, 0) is 4.74 Å². The van der Waals surface area contributed by atoms with E-state index < -0.39 is 22.6 Å². The van der Waals surface area contributed by atoms with E-state index in [4.69, 9.17) is 9.47 Å². The summed E-state index contributed by atoms with van der Waals surface area (Å²) in [6.45, 7) is 5.23. The van der Waals surface area contributed by atoms with Crippen LogP contribution in [0.1, 0.15) is 36.7 Å². The Labute approximate surface area is 161 Å². The first-order chi connectivity index (χ1) is 13.1. The average molecular weight is 385 g/mol. The second kappa shape index (κ2) is 8.76. The lowest BCUT2D eigenvalue weighted by Gasteiger charge is -2.18. The molecule has 0 radical (unpaired) electrons. The minimum absolute atomic E-state index is 0.111. The number of esters is 1. The standard InChI is InChI=1S/C19H19N3O6/c1-19(2,3)28-18(24)21-20-12-13-4-10-16(11-5-13)27-17(23)14-6-8-15(9-7-14)22(25)26/h4-12H,1-3H3,(H,21,24). The summed E-state index contributed by atoms with van der Waals surface area (Å²) in [7, 11) is 0. The van der Waals surface area contributed by atoms with E-state index in [0.29, 0.717) is 11.3 Å². The molecule has 0 heterocycles. The molecule has 0 fully saturated rings. The lowest BCUT2D eigenvalue weighted by molar-refractivity contribution is -0.384. The maximum absolute atomic E-state index is 12.1. The second-order valence-corrected chi connectivity index (χ2v) is 6.63. The van der Waals surface area contributed by atoms with Gasteiger partial charge in [-0.15, -0.1) is 0 Å². The van der Waals surface area contributed by atoms with E-state index in [1.54, 1.807) is 45.0 Å². The SMILES string of the molecule is CC(C)(C)OC(=O)NN=Cc1ccc(OC(=O)c2ccc([N+](=O)[O-])cc2)cc1. The minimum atomic E-state index is -0.669. The maximum atomic E-state index is 12.1. The number of amides is 1. The molecular weight excluding hydrogens is 366 g/mol. The molecule has 1 N–H and O–H groups in total. The number of nitro groups is 1. The normalized spacial score (nSPS) is 11.1. The van der Waals surface area contributed by atoms with Crippen LogP contribution >= 0.6 is 0 Å². The van der Waals surface area contributed by atoms with Gasteiger partial charge in [0.05, 0.1) is 16.7 Å². The van der Waals surface area contributed by atoms with Crippen molar-refractivity contribution in [2.75, 3.05) is 0 Å². The van der Waals surface area contributed by atoms with Crippen molar-refractivity contribution in [3.8, 4) is 5.75 Å². The monoisotopic (exact) mass is 385 g/mol. The van der Waals surface area contributed by atoms with Crippen LogP contribution in [-0.4, -0.2) is 28.8 Å². The molecule has 2 rings (SSSR count). The molecule has 0 saturated heterocycles. The Morgan fingerprint density at radius 1 is 1.07 bits per heavy atom. The van der Waals surface area contributed by atoms with Crippen molar-refractivity contribution in [3.63, 3.8) is 0 Å². The van der Waals surface area contributed by atoms with E-state index in [2.05, 4.69) is 10.5 Å². The average Bonchev–Trinajstić information content (AvgIpc) is 2.61. The number of rotatable bonds is 5. The fraction of sp³-hybridized carbons (Fsp3) is 0.211. The third-order valence-electron chi connectivity index (χ3n) is 3.17. The largest absolute Gasteiger partial charge is 0.443 e. The Morgan fingerprint density at radius 2 is 1.68 bits per heavy atom. The molecule has 0 aliphatic heterocycles. The highest BCUT2D eigenvalue weighted by atomic mass is 16.6. The first kappa shape index (κ1) is 20.6. The highest BCUT2D eigenvalue weighted by molar-refractivity contribution is 5.91. The van der Waals surface area contributed by atoms with Crippen LogP contribution in [0, 0.1) is 10.1 Å². The topological polar surface area (TPSA) is 120 Å². The van der Waals surface area contributed by atoms with Crippen molar-refractivity contribution >= 4 is 24.0 Å². The summed E-state index contributed by atoms with van der Waals surface area (Å²) in [6.07, 6.45) is 0.740. The molecule has 2 aromatic rings. The Bertz CT molecular complexity index is 883. The lowest BCUT2D eigenvalue weighted by atomic mass is 10.2. The van der Waals surface area contributed by atoms with Gasteiger partial charge < -0.3 is 9.47 Å². The maximum Gasteiger partial charge on any atom is 0.428 e. The number of carbonyl (C=O) groups excluding carboxylic acids is 2. The van der Waals surface area contributed by atoms with Gasteiger partial charge in [-0.05, 0) is 62.7 Å². The number of nitrogens with zero attached hydrogens (tertiary/aromatic N) is 2. The number of carbonyl (C=O) groups is 2. The number of nitrogens with one attached hydrogen (secondary N) is 1. The molecule has 0 aromatic heterocycles. The zero-order valence-electron chi connectivity index (χ0n) is 15.5. The van der Waals surface area contributed by atoms with Crippen LogP contribution in [0.15, 0.2) is 53.6 Å². The molecule has 0 atom stereocenters. The summed E-state index contributed by atoms with van der Waals surface area (Å²) in [5, 5.41) is 14.4. The van der Waals surface area contributed by atoms with Crippen LogP contribution in [0.3, 0.4) is 0 Å². The number of hydrazone groups is 1. The van der Waals surface area contributed by atoms with E-state index in [9.17, 15) is 19.7 Å². The van der Waals surface area contributed by atoms with Gasteiger partial charge in [0.25, 0.3) is 5.69 Å². The van der Waals surface area contributed by atoms with Gasteiger partial charge in [0, 0.05) is 12.1 Å². The number of non-ortho nitro benzene ring substituents is 1. The number of nitro benzene ring substituents is 1. The van der Waals surface area contributed by atoms with Gasteiger partial charge in [0.15, 0.2) is 0 Å². The quantitative estimate of drug-likeness (QED) is 0.276.